The first-order chi connectivity index (χ1) is 6.04. The first-order valence-electron chi connectivity index (χ1n) is 4.22. The Balaban J connectivity index is 2.81. The maximum absolute atomic E-state index is 5.69. The predicted octanol–water partition coefficient (Wildman–Crippen LogP) is 2.89. The Bertz CT molecular complexity index is 258. The van der Waals surface area contributed by atoms with Crippen molar-refractivity contribution in [3.8, 4) is 0 Å². The molecule has 1 rings (SSSR count). The molecule has 2 heteroatoms. The molecule has 0 saturated carbocycles. The number of alkyl halides is 1. The van der Waals surface area contributed by atoms with Gasteiger partial charge < -0.3 is 0 Å². The summed E-state index contributed by atoms with van der Waals surface area (Å²) < 4.78 is 2.13. The van der Waals surface area contributed by atoms with Crippen LogP contribution in [-0.2, 0) is 23.4 Å². The topological polar surface area (TPSA) is 0 Å². The Labute approximate surface area is 93.8 Å². The zero-order valence-corrected chi connectivity index (χ0v) is 10.5. The molecule has 0 N–H and O–H groups in total. The van der Waals surface area contributed by atoms with Crippen molar-refractivity contribution in [3.63, 3.8) is 0 Å². The maximum atomic E-state index is 5.69. The van der Waals surface area contributed by atoms with Crippen LogP contribution in [0.1, 0.15) is 26.3 Å². The molecule has 0 nitrogen and oxygen atoms in total. The molecule has 0 bridgehead atoms. The molecule has 76 valence electrons. The number of halogens is 1. The van der Waals surface area contributed by atoms with Crippen molar-refractivity contribution in [2.75, 3.05) is 4.35 Å². The summed E-state index contributed by atoms with van der Waals surface area (Å²) in [4.78, 5) is 0. The van der Waals surface area contributed by atoms with E-state index in [0.717, 1.165) is 4.35 Å². The number of benzene rings is 1. The van der Waals surface area contributed by atoms with E-state index in [-0.39, 0.29) is 5.41 Å². The third kappa shape index (κ3) is 3.43. The van der Waals surface area contributed by atoms with Crippen LogP contribution < -0.4 is 4.04 Å². The number of rotatable bonds is 2. The van der Waals surface area contributed by atoms with Crippen LogP contribution in [0.25, 0.3) is 0 Å². The van der Waals surface area contributed by atoms with Gasteiger partial charge in [-0.1, -0.05) is 0 Å². The van der Waals surface area contributed by atoms with Crippen LogP contribution in [0.15, 0.2) is 24.3 Å². The zero-order valence-electron chi connectivity index (χ0n) is 8.21. The molecule has 0 amide bonds. The van der Waals surface area contributed by atoms with Gasteiger partial charge in [0.2, 0.25) is 0 Å². The zero-order chi connectivity index (χ0) is 9.90. The summed E-state index contributed by atoms with van der Waals surface area (Å²) in [6, 6.07) is 8.80. The first kappa shape index (κ1) is 11.2. The van der Waals surface area contributed by atoms with E-state index in [4.69, 9.17) is 11.6 Å². The van der Waals surface area contributed by atoms with E-state index >= 15 is 0 Å². The van der Waals surface area contributed by atoms with E-state index in [1.54, 1.807) is 0 Å². The van der Waals surface area contributed by atoms with Crippen molar-refractivity contribution in [1.82, 2.24) is 0 Å². The molecule has 0 unspecified atom stereocenters. The van der Waals surface area contributed by atoms with Gasteiger partial charge in [-0.3, -0.25) is 0 Å². The average Bonchev–Trinajstić information content (AvgIpc) is 2.04. The van der Waals surface area contributed by atoms with Crippen LogP contribution in [0.5, 0.6) is 0 Å². The van der Waals surface area contributed by atoms with Crippen LogP contribution in [0.4, 0.5) is 0 Å². The van der Waals surface area contributed by atoms with Crippen molar-refractivity contribution < 1.29 is 18.0 Å². The minimum absolute atomic E-state index is 0.255. The second-order valence-corrected chi connectivity index (χ2v) is 6.78. The van der Waals surface area contributed by atoms with Gasteiger partial charge >= 0.3 is 94.0 Å². The van der Waals surface area contributed by atoms with Crippen molar-refractivity contribution in [3.05, 3.63) is 29.8 Å². The monoisotopic (exact) mass is 288 g/mol. The van der Waals surface area contributed by atoms with E-state index in [1.165, 1.54) is 9.60 Å². The van der Waals surface area contributed by atoms with Gasteiger partial charge in [0.1, 0.15) is 0 Å². The normalized spacial score (nSPS) is 12.0. The summed E-state index contributed by atoms with van der Waals surface area (Å²) in [5.74, 6) is 0. The quantitative estimate of drug-likeness (QED) is 0.580. The van der Waals surface area contributed by atoms with Crippen LogP contribution in [0.2, 0.25) is 0 Å². The van der Waals surface area contributed by atoms with Gasteiger partial charge in [0.25, 0.3) is 0 Å². The van der Waals surface area contributed by atoms with E-state index in [2.05, 4.69) is 45.0 Å². The van der Waals surface area contributed by atoms with Gasteiger partial charge in [0, 0.05) is 0 Å². The van der Waals surface area contributed by atoms with Crippen molar-refractivity contribution in [1.29, 1.82) is 0 Å². The summed E-state index contributed by atoms with van der Waals surface area (Å²) in [7, 11) is 0. The summed E-state index contributed by atoms with van der Waals surface area (Å²) in [6.45, 7) is 6.69. The molecule has 0 aliphatic carbocycles. The average molecular weight is 289 g/mol. The predicted molar refractivity (Wildman–Crippen MR) is 55.5 cm³/mol. The van der Waals surface area contributed by atoms with Gasteiger partial charge in [0.15, 0.2) is 0 Å². The van der Waals surface area contributed by atoms with Crippen LogP contribution in [0.3, 0.4) is 0 Å². The molecule has 0 atom stereocenters. The third-order valence-corrected chi connectivity index (χ3v) is 3.72. The molecular weight excluding hydrogens is 274 g/mol. The van der Waals surface area contributed by atoms with Crippen LogP contribution in [0, 0.1) is 0 Å². The van der Waals surface area contributed by atoms with Crippen molar-refractivity contribution in [2.45, 2.75) is 26.2 Å². The molecule has 0 fully saturated rings. The Morgan fingerprint density at radius 3 is 2.08 bits per heavy atom. The Morgan fingerprint density at radius 1 is 1.15 bits per heavy atom. The number of hydrogen-bond donors (Lipinski definition) is 0. The number of hydrogen-bond acceptors (Lipinski definition) is 0. The van der Waals surface area contributed by atoms with Gasteiger partial charge in [0.05, 0.1) is 0 Å². The van der Waals surface area contributed by atoms with E-state index in [9.17, 15) is 0 Å². The second-order valence-electron chi connectivity index (χ2n) is 3.92. The summed E-state index contributed by atoms with van der Waals surface area (Å²) in [6.07, 6.45) is 0. The standard InChI is InChI=1S/C10H13.CH2Cl.Pd/c1-10(2,3)9-7-5-4-6-8-9;1-2;/h5-8H,1-3H3;1H2;. The molecule has 0 radical (unpaired) electrons. The summed E-state index contributed by atoms with van der Waals surface area (Å²) in [5, 5.41) is 0. The van der Waals surface area contributed by atoms with Gasteiger partial charge in [-0.25, -0.2) is 0 Å². The fourth-order valence-corrected chi connectivity index (χ4v) is 2.51. The molecule has 0 aliphatic heterocycles. The molecular formula is C11H15ClPd. The Hall–Kier alpha value is 0.172. The van der Waals surface area contributed by atoms with E-state index < -0.39 is 0 Å². The molecule has 13 heavy (non-hydrogen) atoms. The summed E-state index contributed by atoms with van der Waals surface area (Å²) in [5.41, 5.74) is 1.64. The SMILES string of the molecule is CC(C)(C)c1cc[c]([Pd][CH2]Cl)cc1. The first-order valence-corrected chi connectivity index (χ1v) is 6.63. The molecule has 0 heterocycles. The Kier molecular flexibility index (Phi) is 3.98. The molecule has 0 saturated heterocycles. The molecule has 0 aliphatic rings. The minimum atomic E-state index is 0.255. The summed E-state index contributed by atoms with van der Waals surface area (Å²) >= 11 is 6.23. The molecule has 1 aromatic rings. The van der Waals surface area contributed by atoms with Crippen LogP contribution in [-0.4, -0.2) is 4.35 Å². The molecule has 0 spiro atoms. The van der Waals surface area contributed by atoms with E-state index in [0.29, 0.717) is 18.0 Å². The fraction of sp³-hybridized carbons (Fsp3) is 0.455. The molecule has 1 aromatic carbocycles. The third-order valence-electron chi connectivity index (χ3n) is 1.86. The fourth-order valence-electron chi connectivity index (χ4n) is 1.06. The van der Waals surface area contributed by atoms with Crippen LogP contribution >= 0.6 is 11.6 Å². The Morgan fingerprint density at radius 2 is 1.69 bits per heavy atom. The molecule has 0 aromatic heterocycles. The van der Waals surface area contributed by atoms with Gasteiger partial charge in [-0.2, -0.15) is 0 Å². The van der Waals surface area contributed by atoms with Crippen molar-refractivity contribution in [2.24, 2.45) is 0 Å². The van der Waals surface area contributed by atoms with Gasteiger partial charge in [-0.15, -0.1) is 0 Å². The van der Waals surface area contributed by atoms with Gasteiger partial charge in [-0.05, 0) is 0 Å². The second kappa shape index (κ2) is 4.60. The van der Waals surface area contributed by atoms with Crippen molar-refractivity contribution >= 4 is 15.6 Å². The van der Waals surface area contributed by atoms with E-state index in [1.807, 2.05) is 0 Å².